The molecule has 2 heterocycles. The van der Waals surface area contributed by atoms with E-state index in [1.165, 1.54) is 9.80 Å². The van der Waals surface area contributed by atoms with Crippen LogP contribution in [0.5, 0.6) is 0 Å². The van der Waals surface area contributed by atoms with Gasteiger partial charge in [-0.2, -0.15) is 0 Å². The van der Waals surface area contributed by atoms with Crippen LogP contribution >= 0.6 is 0 Å². The molecule has 2 aliphatic heterocycles. The van der Waals surface area contributed by atoms with Gasteiger partial charge in [-0.25, -0.2) is 8.42 Å². The zero-order valence-electron chi connectivity index (χ0n) is 19.4. The SMILES string of the molecule is CCc1cccc(N2C(=O)CS(=O)(=O)[C@]23C(=O)N(Cc2cc(C)ccc2C)c2ccccc23)c1. The van der Waals surface area contributed by atoms with Gasteiger partial charge in [-0.05, 0) is 55.2 Å². The Morgan fingerprint density at radius 2 is 1.71 bits per heavy atom. The van der Waals surface area contributed by atoms with Crippen molar-refractivity contribution >= 4 is 33.0 Å². The first-order valence-electron chi connectivity index (χ1n) is 11.3. The molecule has 34 heavy (non-hydrogen) atoms. The lowest BCUT2D eigenvalue weighted by molar-refractivity contribution is -0.123. The number of hydrogen-bond acceptors (Lipinski definition) is 4. The van der Waals surface area contributed by atoms with Crippen molar-refractivity contribution in [2.45, 2.75) is 38.6 Å². The molecule has 0 N–H and O–H groups in total. The maximum atomic E-state index is 14.2. The summed E-state index contributed by atoms with van der Waals surface area (Å²) in [6.07, 6.45) is 0.721. The largest absolute Gasteiger partial charge is 0.304 e. The second kappa shape index (κ2) is 7.81. The molecule has 0 bridgehead atoms. The molecule has 3 aromatic carbocycles. The molecule has 2 aliphatic rings. The Morgan fingerprint density at radius 3 is 2.47 bits per heavy atom. The summed E-state index contributed by atoms with van der Waals surface area (Å²) >= 11 is 0. The van der Waals surface area contributed by atoms with Crippen LogP contribution in [0.1, 0.15) is 34.7 Å². The summed E-state index contributed by atoms with van der Waals surface area (Å²) in [5.41, 5.74) is 5.22. The minimum Gasteiger partial charge on any atom is -0.304 e. The zero-order valence-corrected chi connectivity index (χ0v) is 20.2. The monoisotopic (exact) mass is 474 g/mol. The van der Waals surface area contributed by atoms with Crippen LogP contribution in [0.2, 0.25) is 0 Å². The van der Waals surface area contributed by atoms with Gasteiger partial charge in [0.2, 0.25) is 5.91 Å². The molecular formula is C27H26N2O4S. The average Bonchev–Trinajstić information content (AvgIpc) is 3.19. The lowest BCUT2D eigenvalue weighted by Crippen LogP contribution is -2.54. The van der Waals surface area contributed by atoms with Gasteiger partial charge in [0.05, 0.1) is 12.2 Å². The van der Waals surface area contributed by atoms with Gasteiger partial charge in [0.25, 0.3) is 10.8 Å². The second-order valence-corrected chi connectivity index (χ2v) is 11.1. The highest BCUT2D eigenvalue weighted by Gasteiger charge is 2.69. The van der Waals surface area contributed by atoms with Crippen molar-refractivity contribution in [3.8, 4) is 0 Å². The van der Waals surface area contributed by atoms with E-state index in [9.17, 15) is 18.0 Å². The normalized spacial score (nSPS) is 20.9. The zero-order chi connectivity index (χ0) is 24.3. The Hall–Kier alpha value is -3.45. The number of para-hydroxylation sites is 1. The maximum absolute atomic E-state index is 14.2. The molecule has 1 atom stereocenters. The van der Waals surface area contributed by atoms with Crippen LogP contribution in [0.15, 0.2) is 66.7 Å². The minimum absolute atomic E-state index is 0.220. The van der Waals surface area contributed by atoms with E-state index >= 15 is 0 Å². The molecule has 0 unspecified atom stereocenters. The number of carbonyl (C=O) groups is 2. The molecule has 174 valence electrons. The molecule has 6 nitrogen and oxygen atoms in total. The van der Waals surface area contributed by atoms with Crippen LogP contribution in [0.3, 0.4) is 0 Å². The molecule has 1 saturated heterocycles. The van der Waals surface area contributed by atoms with E-state index in [1.54, 1.807) is 42.5 Å². The molecule has 1 fully saturated rings. The molecule has 1 spiro atoms. The first-order chi connectivity index (χ1) is 16.2. The maximum Gasteiger partial charge on any atom is 0.274 e. The Kier molecular flexibility index (Phi) is 5.13. The third-order valence-electron chi connectivity index (χ3n) is 6.83. The molecule has 7 heteroatoms. The van der Waals surface area contributed by atoms with Crippen LogP contribution in [0, 0.1) is 13.8 Å². The van der Waals surface area contributed by atoms with E-state index in [-0.39, 0.29) is 6.54 Å². The Balaban J connectivity index is 1.74. The number of nitrogens with zero attached hydrogens (tertiary/aromatic N) is 2. The highest BCUT2D eigenvalue weighted by Crippen LogP contribution is 2.52. The van der Waals surface area contributed by atoms with Gasteiger partial charge in [-0.3, -0.25) is 14.5 Å². The Bertz CT molecular complexity index is 1450. The van der Waals surface area contributed by atoms with E-state index in [4.69, 9.17) is 0 Å². The van der Waals surface area contributed by atoms with Crippen molar-refractivity contribution in [3.63, 3.8) is 0 Å². The highest BCUT2D eigenvalue weighted by molar-refractivity contribution is 7.94. The number of aryl methyl sites for hydroxylation is 3. The summed E-state index contributed by atoms with van der Waals surface area (Å²) < 4.78 is 27.4. The Morgan fingerprint density at radius 1 is 0.941 bits per heavy atom. The van der Waals surface area contributed by atoms with Crippen LogP contribution in [0.4, 0.5) is 11.4 Å². The van der Waals surface area contributed by atoms with Crippen molar-refractivity contribution in [2.75, 3.05) is 15.6 Å². The van der Waals surface area contributed by atoms with Crippen LogP contribution in [-0.4, -0.2) is 26.0 Å². The third-order valence-corrected chi connectivity index (χ3v) is 8.94. The molecular weight excluding hydrogens is 448 g/mol. The average molecular weight is 475 g/mol. The van der Waals surface area contributed by atoms with Crippen LogP contribution in [-0.2, 0) is 37.3 Å². The summed E-state index contributed by atoms with van der Waals surface area (Å²) in [5, 5.41) is 0. The molecule has 5 rings (SSSR count). The van der Waals surface area contributed by atoms with Crippen molar-refractivity contribution in [2.24, 2.45) is 0 Å². The number of rotatable bonds is 4. The molecule has 3 aromatic rings. The summed E-state index contributed by atoms with van der Waals surface area (Å²) in [7, 11) is -4.17. The van der Waals surface area contributed by atoms with Gasteiger partial charge >= 0.3 is 0 Å². The molecule has 0 saturated carbocycles. The third kappa shape index (κ3) is 3.03. The fraction of sp³-hybridized carbons (Fsp3) is 0.259. The summed E-state index contributed by atoms with van der Waals surface area (Å²) in [5.74, 6) is -1.91. The first kappa shape index (κ1) is 22.3. The topological polar surface area (TPSA) is 74.8 Å². The number of benzene rings is 3. The first-order valence-corrected chi connectivity index (χ1v) is 13.0. The van der Waals surface area contributed by atoms with E-state index in [0.717, 1.165) is 28.7 Å². The van der Waals surface area contributed by atoms with Crippen molar-refractivity contribution in [3.05, 3.63) is 94.5 Å². The number of carbonyl (C=O) groups excluding carboxylic acids is 2. The number of amides is 2. The summed E-state index contributed by atoms with van der Waals surface area (Å²) in [6, 6.07) is 20.1. The van der Waals surface area contributed by atoms with Crippen molar-refractivity contribution < 1.29 is 18.0 Å². The molecule has 2 amide bonds. The number of hydrogen-bond donors (Lipinski definition) is 0. The predicted molar refractivity (Wildman–Crippen MR) is 132 cm³/mol. The lowest BCUT2D eigenvalue weighted by atomic mass is 10.0. The smallest absolute Gasteiger partial charge is 0.274 e. The number of anilines is 2. The lowest BCUT2D eigenvalue weighted by Gasteiger charge is -2.33. The quantitative estimate of drug-likeness (QED) is 0.572. The molecule has 0 radical (unpaired) electrons. The minimum atomic E-state index is -4.17. The van der Waals surface area contributed by atoms with Gasteiger partial charge < -0.3 is 4.90 Å². The highest BCUT2D eigenvalue weighted by atomic mass is 32.2. The van der Waals surface area contributed by atoms with E-state index in [2.05, 4.69) is 0 Å². The van der Waals surface area contributed by atoms with Gasteiger partial charge in [0.15, 0.2) is 9.84 Å². The second-order valence-electron chi connectivity index (χ2n) is 8.99. The Labute approximate surface area is 199 Å². The van der Waals surface area contributed by atoms with E-state index in [1.807, 2.05) is 45.0 Å². The fourth-order valence-corrected chi connectivity index (χ4v) is 7.14. The van der Waals surface area contributed by atoms with Crippen LogP contribution < -0.4 is 9.80 Å². The summed E-state index contributed by atoms with van der Waals surface area (Å²) in [6.45, 7) is 6.15. The van der Waals surface area contributed by atoms with Crippen molar-refractivity contribution in [1.82, 2.24) is 0 Å². The van der Waals surface area contributed by atoms with E-state index in [0.29, 0.717) is 16.9 Å². The number of sulfone groups is 1. The van der Waals surface area contributed by atoms with Gasteiger partial charge in [0.1, 0.15) is 5.75 Å². The number of fused-ring (bicyclic) bond motifs is 2. The van der Waals surface area contributed by atoms with Gasteiger partial charge in [0, 0.05) is 11.3 Å². The fourth-order valence-electron chi connectivity index (χ4n) is 5.11. The van der Waals surface area contributed by atoms with Crippen LogP contribution in [0.25, 0.3) is 0 Å². The molecule has 0 aliphatic carbocycles. The summed E-state index contributed by atoms with van der Waals surface area (Å²) in [4.78, 5) is 28.1. The van der Waals surface area contributed by atoms with Gasteiger partial charge in [-0.1, -0.05) is 61.0 Å². The van der Waals surface area contributed by atoms with Crippen molar-refractivity contribution in [1.29, 1.82) is 0 Å². The predicted octanol–water partition coefficient (Wildman–Crippen LogP) is 4.03. The molecule has 0 aromatic heterocycles. The van der Waals surface area contributed by atoms with E-state index < -0.39 is 32.3 Å². The standard InChI is InChI=1S/C27H26N2O4S/c1-4-20-8-7-9-22(15-20)29-25(30)17-34(32,33)27(29)23-10-5-6-11-24(23)28(26(27)31)16-21-14-18(2)12-13-19(21)3/h5-15H,4,16-17H2,1-3H3/t27-/m1/s1. The van der Waals surface area contributed by atoms with Gasteiger partial charge in [-0.15, -0.1) is 0 Å².